The molecule has 0 radical (unpaired) electrons. The third kappa shape index (κ3) is 5.81. The zero-order valence-electron chi connectivity index (χ0n) is 10.3. The molecule has 0 atom stereocenters. The van der Waals surface area contributed by atoms with Crippen LogP contribution in [-0.4, -0.2) is 20.7 Å². The van der Waals surface area contributed by atoms with Gasteiger partial charge in [-0.3, -0.25) is 0 Å². The van der Waals surface area contributed by atoms with Gasteiger partial charge < -0.3 is 5.32 Å². The van der Waals surface area contributed by atoms with Crippen molar-refractivity contribution in [1.29, 1.82) is 0 Å². The van der Waals surface area contributed by atoms with Gasteiger partial charge in [0.25, 0.3) is 0 Å². The summed E-state index contributed by atoms with van der Waals surface area (Å²) in [7, 11) is -3.36. The SMILES string of the molecule is CC(C)c1ccc(CNCCS(N)(=O)=O)cc1. The lowest BCUT2D eigenvalue weighted by Gasteiger charge is -2.07. The molecule has 3 N–H and O–H groups in total. The predicted molar refractivity (Wildman–Crippen MR) is 70.2 cm³/mol. The molecule has 5 heteroatoms. The Hall–Kier alpha value is -0.910. The van der Waals surface area contributed by atoms with Crippen LogP contribution in [0.4, 0.5) is 0 Å². The summed E-state index contributed by atoms with van der Waals surface area (Å²) in [6, 6.07) is 8.31. The first-order valence-electron chi connectivity index (χ1n) is 5.68. The number of hydrogen-bond acceptors (Lipinski definition) is 3. The minimum atomic E-state index is -3.36. The first-order valence-corrected chi connectivity index (χ1v) is 7.40. The third-order valence-electron chi connectivity index (χ3n) is 2.54. The fourth-order valence-corrected chi connectivity index (χ4v) is 1.90. The van der Waals surface area contributed by atoms with E-state index in [0.29, 0.717) is 19.0 Å². The van der Waals surface area contributed by atoms with E-state index in [2.05, 4.69) is 43.4 Å². The number of sulfonamides is 1. The molecule has 4 nitrogen and oxygen atoms in total. The molecule has 0 spiro atoms. The molecule has 0 aliphatic heterocycles. The highest BCUT2D eigenvalue weighted by Gasteiger charge is 2.02. The highest BCUT2D eigenvalue weighted by Crippen LogP contribution is 2.14. The van der Waals surface area contributed by atoms with Crippen LogP contribution in [0.3, 0.4) is 0 Å². The van der Waals surface area contributed by atoms with E-state index in [1.807, 2.05) is 0 Å². The van der Waals surface area contributed by atoms with Crippen LogP contribution >= 0.6 is 0 Å². The van der Waals surface area contributed by atoms with Crippen LogP contribution in [0.1, 0.15) is 30.9 Å². The highest BCUT2D eigenvalue weighted by atomic mass is 32.2. The first kappa shape index (κ1) is 14.2. The van der Waals surface area contributed by atoms with Crippen molar-refractivity contribution in [2.24, 2.45) is 5.14 Å². The molecule has 1 aromatic rings. The number of nitrogens with two attached hydrogens (primary N) is 1. The minimum absolute atomic E-state index is 0.0307. The van der Waals surface area contributed by atoms with E-state index in [9.17, 15) is 8.42 Å². The van der Waals surface area contributed by atoms with Gasteiger partial charge in [0.15, 0.2) is 0 Å². The van der Waals surface area contributed by atoms with Gasteiger partial charge in [0, 0.05) is 13.1 Å². The lowest BCUT2D eigenvalue weighted by Crippen LogP contribution is -2.26. The molecule has 0 aromatic heterocycles. The Morgan fingerprint density at radius 1 is 1.24 bits per heavy atom. The van der Waals surface area contributed by atoms with E-state index in [1.54, 1.807) is 0 Å². The smallest absolute Gasteiger partial charge is 0.210 e. The van der Waals surface area contributed by atoms with E-state index < -0.39 is 10.0 Å². The Labute approximate surface area is 103 Å². The minimum Gasteiger partial charge on any atom is -0.312 e. The quantitative estimate of drug-likeness (QED) is 0.751. The van der Waals surface area contributed by atoms with Crippen LogP contribution in [0.25, 0.3) is 0 Å². The summed E-state index contributed by atoms with van der Waals surface area (Å²) in [5, 5.41) is 7.95. The van der Waals surface area contributed by atoms with Gasteiger partial charge >= 0.3 is 0 Å². The van der Waals surface area contributed by atoms with Crippen molar-refractivity contribution in [3.05, 3.63) is 35.4 Å². The van der Waals surface area contributed by atoms with Gasteiger partial charge in [0.05, 0.1) is 5.75 Å². The average molecular weight is 256 g/mol. The molecule has 0 aliphatic rings. The summed E-state index contributed by atoms with van der Waals surface area (Å²) in [6.07, 6.45) is 0. The van der Waals surface area contributed by atoms with Gasteiger partial charge in [-0.2, -0.15) is 0 Å². The molecule has 0 saturated carbocycles. The van der Waals surface area contributed by atoms with Gasteiger partial charge in [-0.1, -0.05) is 38.1 Å². The maximum absolute atomic E-state index is 10.7. The second-order valence-electron chi connectivity index (χ2n) is 4.44. The zero-order chi connectivity index (χ0) is 12.9. The predicted octanol–water partition coefficient (Wildman–Crippen LogP) is 1.19. The molecule has 0 amide bonds. The summed E-state index contributed by atoms with van der Waals surface area (Å²) in [5.41, 5.74) is 2.45. The largest absolute Gasteiger partial charge is 0.312 e. The molecule has 96 valence electrons. The fraction of sp³-hybridized carbons (Fsp3) is 0.500. The molecule has 0 fully saturated rings. The van der Waals surface area contributed by atoms with E-state index in [4.69, 9.17) is 5.14 Å². The number of hydrogen-bond donors (Lipinski definition) is 2. The lowest BCUT2D eigenvalue weighted by atomic mass is 10.0. The van der Waals surface area contributed by atoms with Crippen molar-refractivity contribution in [2.75, 3.05) is 12.3 Å². The molecule has 0 aliphatic carbocycles. The van der Waals surface area contributed by atoms with Crippen LogP contribution in [-0.2, 0) is 16.6 Å². The Kier molecular flexibility index (Phi) is 5.11. The van der Waals surface area contributed by atoms with Crippen molar-refractivity contribution in [3.8, 4) is 0 Å². The maximum atomic E-state index is 10.7. The normalized spacial score (nSPS) is 12.0. The van der Waals surface area contributed by atoms with Crippen LogP contribution < -0.4 is 10.5 Å². The van der Waals surface area contributed by atoms with Crippen molar-refractivity contribution in [1.82, 2.24) is 5.32 Å². The van der Waals surface area contributed by atoms with Crippen molar-refractivity contribution >= 4 is 10.0 Å². The third-order valence-corrected chi connectivity index (χ3v) is 3.31. The van der Waals surface area contributed by atoms with Gasteiger partial charge in [-0.25, -0.2) is 13.6 Å². The average Bonchev–Trinajstić information content (AvgIpc) is 2.24. The molecular formula is C12H20N2O2S. The number of primary sulfonamides is 1. The first-order chi connectivity index (χ1) is 7.88. The molecule has 17 heavy (non-hydrogen) atoms. The van der Waals surface area contributed by atoms with Gasteiger partial charge in [-0.05, 0) is 17.0 Å². The van der Waals surface area contributed by atoms with Gasteiger partial charge in [-0.15, -0.1) is 0 Å². The topological polar surface area (TPSA) is 72.2 Å². The zero-order valence-corrected chi connectivity index (χ0v) is 11.1. The van der Waals surface area contributed by atoms with E-state index in [-0.39, 0.29) is 5.75 Å². The number of rotatable bonds is 6. The molecule has 1 aromatic carbocycles. The van der Waals surface area contributed by atoms with Gasteiger partial charge in [0.1, 0.15) is 0 Å². The van der Waals surface area contributed by atoms with Crippen LogP contribution in [0, 0.1) is 0 Å². The van der Waals surface area contributed by atoms with Crippen molar-refractivity contribution in [3.63, 3.8) is 0 Å². The second kappa shape index (κ2) is 6.14. The molecule has 1 rings (SSSR count). The van der Waals surface area contributed by atoms with Crippen molar-refractivity contribution < 1.29 is 8.42 Å². The fourth-order valence-electron chi connectivity index (χ4n) is 1.47. The summed E-state index contributed by atoms with van der Waals surface area (Å²) < 4.78 is 21.4. The maximum Gasteiger partial charge on any atom is 0.210 e. The summed E-state index contributed by atoms with van der Waals surface area (Å²) in [5.74, 6) is 0.497. The standard InChI is InChI=1S/C12H20N2O2S/c1-10(2)12-5-3-11(4-6-12)9-14-7-8-17(13,15)16/h3-6,10,14H,7-9H2,1-2H3,(H2,13,15,16). The Morgan fingerprint density at radius 3 is 2.29 bits per heavy atom. The monoisotopic (exact) mass is 256 g/mol. The Balaban J connectivity index is 2.37. The number of benzene rings is 1. The summed E-state index contributed by atoms with van der Waals surface area (Å²) in [6.45, 7) is 5.34. The van der Waals surface area contributed by atoms with Gasteiger partial charge in [0.2, 0.25) is 10.0 Å². The lowest BCUT2D eigenvalue weighted by molar-refractivity contribution is 0.592. The van der Waals surface area contributed by atoms with Crippen LogP contribution in [0.15, 0.2) is 24.3 Å². The van der Waals surface area contributed by atoms with Crippen molar-refractivity contribution in [2.45, 2.75) is 26.3 Å². The highest BCUT2D eigenvalue weighted by molar-refractivity contribution is 7.89. The van der Waals surface area contributed by atoms with E-state index >= 15 is 0 Å². The van der Waals surface area contributed by atoms with E-state index in [0.717, 1.165) is 5.56 Å². The number of nitrogens with one attached hydrogen (secondary N) is 1. The molecule has 0 heterocycles. The Morgan fingerprint density at radius 2 is 1.82 bits per heavy atom. The second-order valence-corrected chi connectivity index (χ2v) is 6.17. The van der Waals surface area contributed by atoms with Crippen LogP contribution in [0.2, 0.25) is 0 Å². The molecule has 0 saturated heterocycles. The molecule has 0 unspecified atom stereocenters. The van der Waals surface area contributed by atoms with Crippen LogP contribution in [0.5, 0.6) is 0 Å². The van der Waals surface area contributed by atoms with E-state index in [1.165, 1.54) is 5.56 Å². The molecule has 0 bridgehead atoms. The molecular weight excluding hydrogens is 236 g/mol. The summed E-state index contributed by atoms with van der Waals surface area (Å²) in [4.78, 5) is 0. The Bertz CT molecular complexity index is 438. The summed E-state index contributed by atoms with van der Waals surface area (Å²) >= 11 is 0.